The molecular weight excluding hydrogens is 341 g/mol. The summed E-state index contributed by atoms with van der Waals surface area (Å²) in [6, 6.07) is 6.16. The van der Waals surface area contributed by atoms with E-state index in [9.17, 15) is 8.42 Å². The minimum atomic E-state index is -3.79. The lowest BCUT2D eigenvalue weighted by molar-refractivity contribution is 0.602. The molecule has 1 aromatic heterocycles. The van der Waals surface area contributed by atoms with E-state index in [2.05, 4.69) is 9.71 Å². The number of thiazole rings is 1. The van der Waals surface area contributed by atoms with Crippen molar-refractivity contribution in [3.8, 4) is 6.07 Å². The first-order chi connectivity index (χ1) is 9.33. The van der Waals surface area contributed by atoms with Crippen LogP contribution in [0.25, 0.3) is 0 Å². The Kier molecular flexibility index (Phi) is 4.20. The number of rotatable bonds is 3. The molecule has 20 heavy (non-hydrogen) atoms. The third-order valence-electron chi connectivity index (χ3n) is 2.31. The zero-order valence-corrected chi connectivity index (χ0v) is 13.2. The molecule has 0 bridgehead atoms. The summed E-state index contributed by atoms with van der Waals surface area (Å²) in [5, 5.41) is 9.13. The zero-order valence-electron chi connectivity index (χ0n) is 10.0. The SMILES string of the molecule is Cc1nc(Cl)sc1S(=O)(=O)Nc1ccc(Cl)c(C#N)c1. The fraction of sp³-hybridized carbons (Fsp3) is 0.0909. The Bertz CT molecular complexity index is 810. The molecule has 0 saturated carbocycles. The van der Waals surface area contributed by atoms with Gasteiger partial charge in [-0.3, -0.25) is 4.72 Å². The monoisotopic (exact) mass is 347 g/mol. The third kappa shape index (κ3) is 3.04. The minimum Gasteiger partial charge on any atom is -0.279 e. The molecular formula is C11H7Cl2N3O2S2. The molecule has 0 unspecified atom stereocenters. The van der Waals surface area contributed by atoms with Crippen LogP contribution in [0.1, 0.15) is 11.3 Å². The van der Waals surface area contributed by atoms with Gasteiger partial charge >= 0.3 is 0 Å². The number of hydrogen-bond acceptors (Lipinski definition) is 5. The van der Waals surface area contributed by atoms with Crippen LogP contribution in [-0.2, 0) is 10.0 Å². The molecule has 5 nitrogen and oxygen atoms in total. The summed E-state index contributed by atoms with van der Waals surface area (Å²) < 4.78 is 27.0. The van der Waals surface area contributed by atoms with Crippen LogP contribution < -0.4 is 4.72 Å². The highest BCUT2D eigenvalue weighted by Gasteiger charge is 2.21. The van der Waals surface area contributed by atoms with Crippen molar-refractivity contribution in [1.82, 2.24) is 4.98 Å². The number of anilines is 1. The Morgan fingerprint density at radius 2 is 2.10 bits per heavy atom. The molecule has 0 aliphatic carbocycles. The van der Waals surface area contributed by atoms with E-state index in [-0.39, 0.29) is 24.9 Å². The quantitative estimate of drug-likeness (QED) is 0.921. The highest BCUT2D eigenvalue weighted by molar-refractivity contribution is 7.94. The molecule has 0 aliphatic heterocycles. The number of nitrogens with one attached hydrogen (secondary N) is 1. The topological polar surface area (TPSA) is 82.8 Å². The fourth-order valence-electron chi connectivity index (χ4n) is 1.48. The zero-order chi connectivity index (χ0) is 14.9. The van der Waals surface area contributed by atoms with E-state index in [4.69, 9.17) is 28.5 Å². The maximum absolute atomic E-state index is 12.2. The van der Waals surface area contributed by atoms with Gasteiger partial charge in [-0.1, -0.05) is 34.5 Å². The number of aromatic nitrogens is 1. The average molecular weight is 348 g/mol. The van der Waals surface area contributed by atoms with Crippen LogP contribution in [0.5, 0.6) is 0 Å². The summed E-state index contributed by atoms with van der Waals surface area (Å²) in [5.74, 6) is 0. The Hall–Kier alpha value is -1.33. The van der Waals surface area contributed by atoms with Crippen molar-refractivity contribution < 1.29 is 8.42 Å². The van der Waals surface area contributed by atoms with E-state index in [0.717, 1.165) is 11.3 Å². The van der Waals surface area contributed by atoms with Crippen molar-refractivity contribution in [3.05, 3.63) is 38.9 Å². The largest absolute Gasteiger partial charge is 0.279 e. The number of sulfonamides is 1. The summed E-state index contributed by atoms with van der Waals surface area (Å²) in [6.45, 7) is 1.56. The predicted octanol–water partition coefficient (Wildman–Crippen LogP) is 3.43. The van der Waals surface area contributed by atoms with Crippen molar-refractivity contribution in [2.45, 2.75) is 11.1 Å². The highest BCUT2D eigenvalue weighted by atomic mass is 35.5. The Balaban J connectivity index is 2.39. The minimum absolute atomic E-state index is 0.0379. The average Bonchev–Trinajstić information content (AvgIpc) is 2.71. The number of hydrogen-bond donors (Lipinski definition) is 1. The van der Waals surface area contributed by atoms with Crippen molar-refractivity contribution in [1.29, 1.82) is 5.26 Å². The number of benzene rings is 1. The summed E-state index contributed by atoms with van der Waals surface area (Å²) in [7, 11) is -3.79. The number of nitriles is 1. The van der Waals surface area contributed by atoms with Crippen molar-refractivity contribution in [2.75, 3.05) is 4.72 Å². The molecule has 0 amide bonds. The van der Waals surface area contributed by atoms with Gasteiger partial charge in [0.1, 0.15) is 6.07 Å². The van der Waals surface area contributed by atoms with Gasteiger partial charge in [0.2, 0.25) is 0 Å². The van der Waals surface area contributed by atoms with Crippen molar-refractivity contribution >= 4 is 50.2 Å². The second kappa shape index (κ2) is 5.58. The van der Waals surface area contributed by atoms with E-state index in [1.165, 1.54) is 18.2 Å². The van der Waals surface area contributed by atoms with Gasteiger partial charge in [-0.2, -0.15) is 5.26 Å². The van der Waals surface area contributed by atoms with Crippen LogP contribution in [0.4, 0.5) is 5.69 Å². The van der Waals surface area contributed by atoms with Crippen LogP contribution in [0.2, 0.25) is 9.49 Å². The van der Waals surface area contributed by atoms with Crippen molar-refractivity contribution in [3.63, 3.8) is 0 Å². The van der Waals surface area contributed by atoms with Gasteiger partial charge in [0.05, 0.1) is 22.0 Å². The lowest BCUT2D eigenvalue weighted by atomic mass is 10.2. The molecule has 0 atom stereocenters. The van der Waals surface area contributed by atoms with Gasteiger partial charge in [0.25, 0.3) is 10.0 Å². The van der Waals surface area contributed by atoms with Crippen LogP contribution in [0.15, 0.2) is 22.4 Å². The molecule has 0 fully saturated rings. The first-order valence-electron chi connectivity index (χ1n) is 5.19. The third-order valence-corrected chi connectivity index (χ3v) is 5.89. The van der Waals surface area contributed by atoms with Gasteiger partial charge in [0.15, 0.2) is 8.68 Å². The Morgan fingerprint density at radius 3 is 2.65 bits per heavy atom. The number of aryl methyl sites for hydroxylation is 1. The molecule has 0 aliphatic rings. The fourth-order valence-corrected chi connectivity index (χ4v) is 4.43. The lowest BCUT2D eigenvalue weighted by Gasteiger charge is -2.07. The van der Waals surface area contributed by atoms with Crippen LogP contribution in [0, 0.1) is 18.3 Å². The van der Waals surface area contributed by atoms with Crippen LogP contribution in [-0.4, -0.2) is 13.4 Å². The van der Waals surface area contributed by atoms with E-state index < -0.39 is 10.0 Å². The smallest absolute Gasteiger partial charge is 0.273 e. The van der Waals surface area contributed by atoms with Gasteiger partial charge in [-0.15, -0.1) is 0 Å². The molecule has 2 rings (SSSR count). The molecule has 0 spiro atoms. The van der Waals surface area contributed by atoms with E-state index in [1.54, 1.807) is 6.92 Å². The molecule has 2 aromatic rings. The number of nitrogens with zero attached hydrogens (tertiary/aromatic N) is 2. The van der Waals surface area contributed by atoms with E-state index in [0.29, 0.717) is 5.69 Å². The summed E-state index contributed by atoms with van der Waals surface area (Å²) in [5.41, 5.74) is 0.753. The number of halogens is 2. The standard InChI is InChI=1S/C11H7Cl2N3O2S2/c1-6-10(19-11(13)15-6)20(17,18)16-8-2-3-9(12)7(4-8)5-14/h2-4,16H,1H3. The molecule has 9 heteroatoms. The molecule has 104 valence electrons. The molecule has 1 heterocycles. The first kappa shape index (κ1) is 15.1. The van der Waals surface area contributed by atoms with E-state index in [1.807, 2.05) is 6.07 Å². The van der Waals surface area contributed by atoms with Crippen molar-refractivity contribution in [2.24, 2.45) is 0 Å². The Labute approximate surface area is 129 Å². The lowest BCUT2D eigenvalue weighted by Crippen LogP contribution is -2.12. The summed E-state index contributed by atoms with van der Waals surface area (Å²) in [6.07, 6.45) is 0. The van der Waals surface area contributed by atoms with Crippen LogP contribution >= 0.6 is 34.5 Å². The summed E-state index contributed by atoms with van der Waals surface area (Å²) >= 11 is 12.4. The maximum Gasteiger partial charge on any atom is 0.273 e. The molecule has 1 aromatic carbocycles. The second-order valence-electron chi connectivity index (χ2n) is 3.75. The van der Waals surface area contributed by atoms with Gasteiger partial charge in [-0.05, 0) is 25.1 Å². The molecule has 1 N–H and O–H groups in total. The molecule has 0 saturated heterocycles. The van der Waals surface area contributed by atoms with Crippen LogP contribution in [0.3, 0.4) is 0 Å². The van der Waals surface area contributed by atoms with Gasteiger partial charge in [-0.25, -0.2) is 13.4 Å². The van der Waals surface area contributed by atoms with Gasteiger partial charge < -0.3 is 0 Å². The van der Waals surface area contributed by atoms with E-state index >= 15 is 0 Å². The molecule has 0 radical (unpaired) electrons. The second-order valence-corrected chi connectivity index (χ2v) is 7.62. The maximum atomic E-state index is 12.2. The van der Waals surface area contributed by atoms with Gasteiger partial charge in [0, 0.05) is 0 Å². The highest BCUT2D eigenvalue weighted by Crippen LogP contribution is 2.29. The normalized spacial score (nSPS) is 11.1. The predicted molar refractivity (Wildman–Crippen MR) is 78.8 cm³/mol. The first-order valence-corrected chi connectivity index (χ1v) is 8.24. The Morgan fingerprint density at radius 1 is 1.40 bits per heavy atom. The summed E-state index contributed by atoms with van der Waals surface area (Å²) in [4.78, 5) is 3.86.